The molecule has 0 aliphatic rings. The minimum absolute atomic E-state index is 0.104. The van der Waals surface area contributed by atoms with Gasteiger partial charge in [-0.2, -0.15) is 0 Å². The van der Waals surface area contributed by atoms with Gasteiger partial charge in [0.1, 0.15) is 5.75 Å². The molecule has 0 saturated heterocycles. The first-order valence-corrected chi connectivity index (χ1v) is 5.10. The average molecular weight is 245 g/mol. The second kappa shape index (κ2) is 5.70. The number of ether oxygens (including phenoxy) is 1. The zero-order valence-corrected chi connectivity index (χ0v) is 9.09. The van der Waals surface area contributed by atoms with Crippen LogP contribution in [0.3, 0.4) is 0 Å². The van der Waals surface area contributed by atoms with Crippen molar-refractivity contribution in [2.75, 3.05) is 0 Å². The van der Waals surface area contributed by atoms with Crippen LogP contribution in [-0.2, 0) is 0 Å². The summed E-state index contributed by atoms with van der Waals surface area (Å²) in [6, 6.07) is 4.91. The number of hydrogen-bond donors (Lipinski definition) is 0. The fraction of sp³-hybridized carbons (Fsp3) is 0.333. The summed E-state index contributed by atoms with van der Waals surface area (Å²) in [7, 11) is 0. The van der Waals surface area contributed by atoms with Crippen molar-refractivity contribution < 1.29 is 22.7 Å². The molecular weight excluding hydrogens is 233 g/mol. The van der Waals surface area contributed by atoms with Gasteiger partial charge in [0.15, 0.2) is 5.78 Å². The van der Waals surface area contributed by atoms with Crippen LogP contribution in [0.4, 0.5) is 13.2 Å². The number of hydrogen-bond acceptors (Lipinski definition) is 2. The van der Waals surface area contributed by atoms with Crippen LogP contribution in [0.25, 0.3) is 0 Å². The number of unbranched alkanes of at least 4 members (excludes halogenated alkanes) is 1. The van der Waals surface area contributed by atoms with Gasteiger partial charge < -0.3 is 4.74 Å². The quantitative estimate of drug-likeness (QED) is 0.738. The van der Waals surface area contributed by atoms with Crippen LogP contribution in [0.1, 0.15) is 29.6 Å². The third kappa shape index (κ3) is 4.89. The van der Waals surface area contributed by atoms with Gasteiger partial charge in [-0.05, 0) is 30.7 Å². The van der Waals surface area contributed by atoms with E-state index in [-0.39, 0.29) is 11.5 Å². The molecule has 0 N–H and O–H groups in total. The smallest absolute Gasteiger partial charge is 0.406 e. The Bertz CT molecular complexity index is 368. The Morgan fingerprint density at radius 1 is 1.24 bits per heavy atom. The Hall–Kier alpha value is -1.52. The van der Waals surface area contributed by atoms with Crippen molar-refractivity contribution in [2.24, 2.45) is 0 Å². The molecule has 2 nitrogen and oxygen atoms in total. The van der Waals surface area contributed by atoms with Gasteiger partial charge >= 0.3 is 6.36 Å². The van der Waals surface area contributed by atoms with Crippen LogP contribution < -0.4 is 4.74 Å². The maximum atomic E-state index is 11.9. The lowest BCUT2D eigenvalue weighted by Gasteiger charge is -2.08. The summed E-state index contributed by atoms with van der Waals surface area (Å²) in [5.74, 6) is -0.432. The Balaban J connectivity index is 2.64. The van der Waals surface area contributed by atoms with E-state index in [4.69, 9.17) is 0 Å². The minimum Gasteiger partial charge on any atom is -0.406 e. The van der Waals surface area contributed by atoms with E-state index in [1.165, 1.54) is 12.1 Å². The Morgan fingerprint density at radius 3 is 2.29 bits per heavy atom. The highest BCUT2D eigenvalue weighted by atomic mass is 19.4. The van der Waals surface area contributed by atoms with Crippen LogP contribution in [0.15, 0.2) is 24.3 Å². The predicted octanol–water partition coefficient (Wildman–Crippen LogP) is 3.77. The van der Waals surface area contributed by atoms with E-state index in [2.05, 4.69) is 11.7 Å². The zero-order chi connectivity index (χ0) is 12.9. The molecule has 93 valence electrons. The van der Waals surface area contributed by atoms with Crippen LogP contribution in [0, 0.1) is 6.92 Å². The fourth-order valence-corrected chi connectivity index (χ4v) is 1.27. The molecule has 1 aromatic rings. The molecule has 0 atom stereocenters. The Kier molecular flexibility index (Phi) is 4.54. The lowest BCUT2D eigenvalue weighted by atomic mass is 10.1. The first-order valence-electron chi connectivity index (χ1n) is 5.10. The molecular formula is C12H12F3O2. The number of alkyl halides is 3. The zero-order valence-electron chi connectivity index (χ0n) is 9.09. The number of ketones is 1. The monoisotopic (exact) mass is 245 g/mol. The molecule has 0 bridgehead atoms. The SMILES string of the molecule is [CH2]CCCC(=O)c1ccc(OC(F)(F)F)cc1. The third-order valence-corrected chi connectivity index (χ3v) is 2.06. The summed E-state index contributed by atoms with van der Waals surface area (Å²) in [5, 5.41) is 0. The maximum Gasteiger partial charge on any atom is 0.573 e. The van der Waals surface area contributed by atoms with E-state index < -0.39 is 6.36 Å². The molecule has 5 heteroatoms. The van der Waals surface area contributed by atoms with Crippen molar-refractivity contribution in [1.29, 1.82) is 0 Å². The van der Waals surface area contributed by atoms with Gasteiger partial charge in [-0.25, -0.2) is 0 Å². The predicted molar refractivity (Wildman–Crippen MR) is 56.7 cm³/mol. The maximum absolute atomic E-state index is 11.9. The molecule has 0 heterocycles. The summed E-state index contributed by atoms with van der Waals surface area (Å²) < 4.78 is 39.3. The van der Waals surface area contributed by atoms with E-state index in [9.17, 15) is 18.0 Å². The standard InChI is InChI=1S/C12H12F3O2/c1-2-3-4-11(16)9-5-7-10(8-6-9)17-12(13,14)15/h5-8H,1-4H2. The summed E-state index contributed by atoms with van der Waals surface area (Å²) >= 11 is 0. The number of carbonyl (C=O) groups excluding carboxylic acids is 1. The molecule has 0 aliphatic heterocycles. The summed E-state index contributed by atoms with van der Waals surface area (Å²) in [6.07, 6.45) is -3.04. The van der Waals surface area contributed by atoms with Gasteiger partial charge in [-0.15, -0.1) is 13.2 Å². The van der Waals surface area contributed by atoms with Gasteiger partial charge in [0.25, 0.3) is 0 Å². The van der Waals surface area contributed by atoms with E-state index in [1.807, 2.05) is 0 Å². The molecule has 0 fully saturated rings. The van der Waals surface area contributed by atoms with Crippen molar-refractivity contribution in [3.8, 4) is 5.75 Å². The molecule has 0 spiro atoms. The third-order valence-electron chi connectivity index (χ3n) is 2.06. The molecule has 0 aromatic heterocycles. The van der Waals surface area contributed by atoms with Gasteiger partial charge in [-0.3, -0.25) is 4.79 Å². The van der Waals surface area contributed by atoms with Crippen LogP contribution >= 0.6 is 0 Å². The van der Waals surface area contributed by atoms with Gasteiger partial charge in [0.2, 0.25) is 0 Å². The number of rotatable bonds is 5. The van der Waals surface area contributed by atoms with Crippen molar-refractivity contribution in [3.05, 3.63) is 36.8 Å². The lowest BCUT2D eigenvalue weighted by molar-refractivity contribution is -0.274. The van der Waals surface area contributed by atoms with Gasteiger partial charge in [0.05, 0.1) is 0 Å². The van der Waals surface area contributed by atoms with Gasteiger partial charge in [-0.1, -0.05) is 13.3 Å². The van der Waals surface area contributed by atoms with E-state index in [0.717, 1.165) is 12.1 Å². The average Bonchev–Trinajstić information content (AvgIpc) is 2.24. The van der Waals surface area contributed by atoms with Crippen molar-refractivity contribution in [3.63, 3.8) is 0 Å². The van der Waals surface area contributed by atoms with E-state index in [0.29, 0.717) is 24.8 Å². The lowest BCUT2D eigenvalue weighted by Crippen LogP contribution is -2.17. The van der Waals surface area contributed by atoms with Crippen molar-refractivity contribution in [2.45, 2.75) is 25.6 Å². The highest BCUT2D eigenvalue weighted by Gasteiger charge is 2.30. The van der Waals surface area contributed by atoms with Crippen LogP contribution in [-0.4, -0.2) is 12.1 Å². The molecule has 0 aliphatic carbocycles. The number of carbonyl (C=O) groups is 1. The van der Waals surface area contributed by atoms with Crippen molar-refractivity contribution >= 4 is 5.78 Å². The first-order chi connectivity index (χ1) is 7.92. The van der Waals surface area contributed by atoms with Crippen LogP contribution in [0.5, 0.6) is 5.75 Å². The fourth-order valence-electron chi connectivity index (χ4n) is 1.27. The second-order valence-corrected chi connectivity index (χ2v) is 3.45. The number of Topliss-reactive ketones (excluding diaryl/α,β-unsaturated/α-hetero) is 1. The molecule has 1 aromatic carbocycles. The second-order valence-electron chi connectivity index (χ2n) is 3.45. The van der Waals surface area contributed by atoms with E-state index >= 15 is 0 Å². The topological polar surface area (TPSA) is 26.3 Å². The van der Waals surface area contributed by atoms with E-state index in [1.54, 1.807) is 0 Å². The van der Waals surface area contributed by atoms with Crippen molar-refractivity contribution in [1.82, 2.24) is 0 Å². The molecule has 1 radical (unpaired) electrons. The number of halogens is 3. The Labute approximate surface area is 97.4 Å². The highest BCUT2D eigenvalue weighted by Crippen LogP contribution is 2.23. The normalized spacial score (nSPS) is 11.3. The molecule has 0 saturated carbocycles. The van der Waals surface area contributed by atoms with Crippen LogP contribution in [0.2, 0.25) is 0 Å². The summed E-state index contributed by atoms with van der Waals surface area (Å²) in [5.41, 5.74) is 0.382. The number of benzene rings is 1. The Morgan fingerprint density at radius 2 is 1.82 bits per heavy atom. The largest absolute Gasteiger partial charge is 0.573 e. The molecule has 0 unspecified atom stereocenters. The highest BCUT2D eigenvalue weighted by molar-refractivity contribution is 5.96. The molecule has 0 amide bonds. The molecule has 1 rings (SSSR count). The van der Waals surface area contributed by atoms with Gasteiger partial charge in [0, 0.05) is 12.0 Å². The molecule has 17 heavy (non-hydrogen) atoms. The first kappa shape index (κ1) is 13.5. The summed E-state index contributed by atoms with van der Waals surface area (Å²) in [4.78, 5) is 11.5. The summed E-state index contributed by atoms with van der Waals surface area (Å²) in [6.45, 7) is 3.61. The minimum atomic E-state index is -4.71.